The Morgan fingerprint density at radius 3 is 2.38 bits per heavy atom. The van der Waals surface area contributed by atoms with Gasteiger partial charge in [-0.15, -0.1) is 0 Å². The zero-order valence-corrected chi connectivity index (χ0v) is 21.1. The number of alkyl halides is 3. The third kappa shape index (κ3) is 7.07. The molecule has 1 aliphatic heterocycles. The second-order valence-corrected chi connectivity index (χ2v) is 9.58. The first-order valence-electron chi connectivity index (χ1n) is 12.4. The molecule has 37 heavy (non-hydrogen) atoms. The second kappa shape index (κ2) is 11.7. The van der Waals surface area contributed by atoms with Crippen molar-refractivity contribution in [2.75, 3.05) is 13.1 Å². The molecule has 0 aromatic heterocycles. The van der Waals surface area contributed by atoms with E-state index in [2.05, 4.69) is 10.1 Å². The molecule has 0 radical (unpaired) electrons. The van der Waals surface area contributed by atoms with Crippen LogP contribution in [0.4, 0.5) is 13.2 Å². The third-order valence-corrected chi connectivity index (χ3v) is 6.77. The fraction of sp³-hybridized carbons (Fsp3) is 0.333. The molecular formula is C30H31F3N2O2. The highest BCUT2D eigenvalue weighted by molar-refractivity contribution is 5.98. The number of rotatable bonds is 8. The zero-order chi connectivity index (χ0) is 26.4. The molecule has 0 saturated carbocycles. The summed E-state index contributed by atoms with van der Waals surface area (Å²) in [6, 6.07) is 20.7. The maximum atomic E-state index is 13.7. The van der Waals surface area contributed by atoms with Gasteiger partial charge >= 0.3 is 6.18 Å². The molecule has 1 aliphatic rings. The minimum atomic E-state index is -4.48. The average molecular weight is 509 g/mol. The highest BCUT2D eigenvalue weighted by Crippen LogP contribution is 2.37. The van der Waals surface area contributed by atoms with Crippen molar-refractivity contribution in [3.05, 3.63) is 95.1 Å². The highest BCUT2D eigenvalue weighted by Gasteiger charge is 2.34. The van der Waals surface area contributed by atoms with Crippen molar-refractivity contribution >= 4 is 11.5 Å². The number of piperidine rings is 1. The molecule has 4 rings (SSSR count). The molecule has 0 N–H and O–H groups in total. The predicted molar refractivity (Wildman–Crippen MR) is 139 cm³/mol. The summed E-state index contributed by atoms with van der Waals surface area (Å²) in [6.45, 7) is 5.98. The first-order valence-corrected chi connectivity index (χ1v) is 12.4. The van der Waals surface area contributed by atoms with E-state index in [0.717, 1.165) is 49.7 Å². The molecule has 1 unspecified atom stereocenters. The molecule has 1 atom stereocenters. The number of Topliss-reactive ketones (excluding diaryl/α,β-unsaturated/α-hetero) is 1. The Morgan fingerprint density at radius 2 is 1.70 bits per heavy atom. The van der Waals surface area contributed by atoms with Crippen LogP contribution in [0.2, 0.25) is 0 Å². The maximum Gasteiger partial charge on any atom is 0.417 e. The van der Waals surface area contributed by atoms with Gasteiger partial charge in [-0.3, -0.25) is 9.69 Å². The van der Waals surface area contributed by atoms with Crippen LogP contribution in [0.25, 0.3) is 11.1 Å². The van der Waals surface area contributed by atoms with E-state index in [1.807, 2.05) is 24.3 Å². The van der Waals surface area contributed by atoms with E-state index in [-0.39, 0.29) is 23.9 Å². The molecule has 1 heterocycles. The summed E-state index contributed by atoms with van der Waals surface area (Å²) >= 11 is 0. The number of benzene rings is 3. The number of nitrogens with zero attached hydrogens (tertiary/aromatic N) is 2. The van der Waals surface area contributed by atoms with Crippen molar-refractivity contribution in [2.45, 2.75) is 46.0 Å². The van der Waals surface area contributed by atoms with E-state index in [9.17, 15) is 18.0 Å². The minimum Gasteiger partial charge on any atom is -0.391 e. The van der Waals surface area contributed by atoms with E-state index < -0.39 is 11.7 Å². The van der Waals surface area contributed by atoms with Gasteiger partial charge in [-0.1, -0.05) is 71.9 Å². The molecule has 0 bridgehead atoms. The minimum absolute atomic E-state index is 0.0696. The molecule has 4 nitrogen and oxygen atoms in total. The van der Waals surface area contributed by atoms with Crippen LogP contribution >= 0.6 is 0 Å². The smallest absolute Gasteiger partial charge is 0.391 e. The van der Waals surface area contributed by atoms with E-state index >= 15 is 0 Å². The third-order valence-electron chi connectivity index (χ3n) is 6.77. The molecule has 194 valence electrons. The Morgan fingerprint density at radius 1 is 1.00 bits per heavy atom. The van der Waals surface area contributed by atoms with Gasteiger partial charge in [-0.25, -0.2) is 0 Å². The SMILES string of the molecule is CC(=O)C1CCCN(Cc2ccc(/C(C)=N\OCc3ccc(-c4ccccc4)c(C(F)(F)F)c3)cc2)C1. The quantitative estimate of drug-likeness (QED) is 0.240. The predicted octanol–water partition coefficient (Wildman–Crippen LogP) is 7.11. The molecule has 1 saturated heterocycles. The summed E-state index contributed by atoms with van der Waals surface area (Å²) in [5.74, 6) is 0.384. The van der Waals surface area contributed by atoms with Crippen molar-refractivity contribution in [3.63, 3.8) is 0 Å². The molecule has 0 amide bonds. The number of hydrogen-bond acceptors (Lipinski definition) is 4. The molecule has 7 heteroatoms. The topological polar surface area (TPSA) is 41.9 Å². The van der Waals surface area contributed by atoms with E-state index in [1.54, 1.807) is 50.2 Å². The maximum absolute atomic E-state index is 13.7. The van der Waals surface area contributed by atoms with E-state index in [1.165, 1.54) is 6.07 Å². The van der Waals surface area contributed by atoms with Crippen LogP contribution in [-0.2, 0) is 29.0 Å². The first-order chi connectivity index (χ1) is 17.7. The number of oxime groups is 1. The summed E-state index contributed by atoms with van der Waals surface area (Å²) in [6.07, 6.45) is -2.48. The van der Waals surface area contributed by atoms with Crippen LogP contribution in [-0.4, -0.2) is 29.5 Å². The Bertz CT molecular complexity index is 1240. The van der Waals surface area contributed by atoms with Gasteiger partial charge in [0.05, 0.1) is 11.3 Å². The number of carbonyl (C=O) groups excluding carboxylic acids is 1. The lowest BCUT2D eigenvalue weighted by molar-refractivity contribution is -0.137. The van der Waals surface area contributed by atoms with Crippen LogP contribution in [0.5, 0.6) is 0 Å². The zero-order valence-electron chi connectivity index (χ0n) is 21.1. The molecule has 3 aromatic rings. The number of likely N-dealkylation sites (tertiary alicyclic amines) is 1. The summed E-state index contributed by atoms with van der Waals surface area (Å²) in [5, 5.41) is 4.12. The van der Waals surface area contributed by atoms with E-state index in [4.69, 9.17) is 4.84 Å². The Labute approximate surface area is 215 Å². The lowest BCUT2D eigenvalue weighted by Gasteiger charge is -2.31. The molecular weight excluding hydrogens is 477 g/mol. The van der Waals surface area contributed by atoms with Gasteiger partial charge in [0.1, 0.15) is 12.4 Å². The van der Waals surface area contributed by atoms with Crippen molar-refractivity contribution in [2.24, 2.45) is 11.1 Å². The Hall–Kier alpha value is -3.45. The summed E-state index contributed by atoms with van der Waals surface area (Å²) in [5.41, 5.74) is 3.01. The van der Waals surface area contributed by atoms with Gasteiger partial charge in [0.2, 0.25) is 0 Å². The number of halogens is 3. The van der Waals surface area contributed by atoms with Crippen LogP contribution in [0.1, 0.15) is 48.9 Å². The van der Waals surface area contributed by atoms with Gasteiger partial charge in [-0.05, 0) is 67.1 Å². The van der Waals surface area contributed by atoms with Gasteiger partial charge in [0.25, 0.3) is 0 Å². The van der Waals surface area contributed by atoms with Crippen LogP contribution in [0.3, 0.4) is 0 Å². The molecule has 0 spiro atoms. The fourth-order valence-corrected chi connectivity index (χ4v) is 4.68. The van der Waals surface area contributed by atoms with Gasteiger partial charge in [0.15, 0.2) is 0 Å². The van der Waals surface area contributed by atoms with Crippen molar-refractivity contribution in [1.29, 1.82) is 0 Å². The van der Waals surface area contributed by atoms with Gasteiger partial charge < -0.3 is 4.84 Å². The van der Waals surface area contributed by atoms with Crippen LogP contribution < -0.4 is 0 Å². The largest absolute Gasteiger partial charge is 0.417 e. The lowest BCUT2D eigenvalue weighted by Crippen LogP contribution is -2.37. The number of ketones is 1. The number of carbonyl (C=O) groups is 1. The average Bonchev–Trinajstić information content (AvgIpc) is 2.89. The summed E-state index contributed by atoms with van der Waals surface area (Å²) in [4.78, 5) is 19.5. The standard InChI is InChI=1S/C30H31F3N2O2/c1-21(25-13-10-23(11-14-25)18-35-16-6-9-27(19-35)22(2)36)34-37-20-24-12-15-28(26-7-4-3-5-8-26)29(17-24)30(31,32)33/h3-5,7-8,10-15,17,27H,6,9,16,18-20H2,1-2H3/b34-21-. The molecule has 1 fully saturated rings. The lowest BCUT2D eigenvalue weighted by atomic mass is 9.94. The fourth-order valence-electron chi connectivity index (χ4n) is 4.68. The van der Waals surface area contributed by atoms with Gasteiger partial charge in [-0.2, -0.15) is 13.2 Å². The van der Waals surface area contributed by atoms with E-state index in [0.29, 0.717) is 16.8 Å². The van der Waals surface area contributed by atoms with Gasteiger partial charge in [0, 0.05) is 19.0 Å². The van der Waals surface area contributed by atoms with Crippen molar-refractivity contribution in [1.82, 2.24) is 4.90 Å². The first kappa shape index (κ1) is 26.6. The Balaban J connectivity index is 1.38. The van der Waals surface area contributed by atoms with Crippen molar-refractivity contribution in [3.8, 4) is 11.1 Å². The molecule has 0 aliphatic carbocycles. The summed E-state index contributed by atoms with van der Waals surface area (Å²) in [7, 11) is 0. The second-order valence-electron chi connectivity index (χ2n) is 9.58. The monoisotopic (exact) mass is 508 g/mol. The highest BCUT2D eigenvalue weighted by atomic mass is 19.4. The number of hydrogen-bond donors (Lipinski definition) is 0. The van der Waals surface area contributed by atoms with Crippen LogP contribution in [0.15, 0.2) is 78.0 Å². The van der Waals surface area contributed by atoms with Crippen LogP contribution in [0, 0.1) is 5.92 Å². The normalized spacial score (nSPS) is 17.0. The van der Waals surface area contributed by atoms with Crippen molar-refractivity contribution < 1.29 is 22.8 Å². The summed E-state index contributed by atoms with van der Waals surface area (Å²) < 4.78 is 41.2. The molecule has 3 aromatic carbocycles. The Kier molecular flexibility index (Phi) is 8.44.